The van der Waals surface area contributed by atoms with Crippen LogP contribution in [-0.4, -0.2) is 35.8 Å². The summed E-state index contributed by atoms with van der Waals surface area (Å²) in [7, 11) is 0. The summed E-state index contributed by atoms with van der Waals surface area (Å²) in [6, 6.07) is 9.86. The molecule has 0 aliphatic carbocycles. The lowest BCUT2D eigenvalue weighted by molar-refractivity contribution is -0.136. The molecule has 1 aromatic carbocycles. The van der Waals surface area contributed by atoms with E-state index in [2.05, 4.69) is 15.0 Å². The van der Waals surface area contributed by atoms with Crippen LogP contribution in [0.15, 0.2) is 41.8 Å². The summed E-state index contributed by atoms with van der Waals surface area (Å²) in [5, 5.41) is 9.33. The first-order chi connectivity index (χ1) is 11.6. The van der Waals surface area contributed by atoms with Crippen LogP contribution in [0.5, 0.6) is 0 Å². The highest BCUT2D eigenvalue weighted by molar-refractivity contribution is 8.00. The fraction of sp³-hybridized carbons (Fsp3) is 0.250. The number of hydrogen-bond acceptors (Lipinski definition) is 6. The zero-order chi connectivity index (χ0) is 17.1. The summed E-state index contributed by atoms with van der Waals surface area (Å²) in [6.45, 7) is 2.37. The van der Waals surface area contributed by atoms with Crippen molar-refractivity contribution in [3.63, 3.8) is 0 Å². The smallest absolute Gasteiger partial charge is 0.317 e. The number of nitrogen functional groups attached to an aromatic ring is 1. The van der Waals surface area contributed by atoms with Gasteiger partial charge in [0.05, 0.1) is 6.54 Å². The van der Waals surface area contributed by atoms with Gasteiger partial charge in [0.15, 0.2) is 22.1 Å². The molecule has 2 aromatic heterocycles. The third-order valence-corrected chi connectivity index (χ3v) is 4.94. The average Bonchev–Trinajstić information content (AvgIpc) is 2.92. The predicted octanol–water partition coefficient (Wildman–Crippen LogP) is 2.41. The lowest BCUT2D eigenvalue weighted by Gasteiger charge is -2.11. The molecule has 1 unspecified atom stereocenters. The second-order valence-corrected chi connectivity index (χ2v) is 6.42. The van der Waals surface area contributed by atoms with Gasteiger partial charge in [0.2, 0.25) is 0 Å². The second kappa shape index (κ2) is 6.88. The Morgan fingerprint density at radius 1 is 1.33 bits per heavy atom. The monoisotopic (exact) mass is 343 g/mol. The van der Waals surface area contributed by atoms with Gasteiger partial charge in [-0.15, -0.1) is 0 Å². The molecule has 1 atom stereocenters. The number of carboxylic acid groups (broad SMARTS) is 1. The number of fused-ring (bicyclic) bond motifs is 1. The summed E-state index contributed by atoms with van der Waals surface area (Å²) in [4.78, 5) is 24.1. The number of thioether (sulfide) groups is 1. The second-order valence-electron chi connectivity index (χ2n) is 5.25. The minimum absolute atomic E-state index is 0.289. The third-order valence-electron chi connectivity index (χ3n) is 3.60. The fourth-order valence-electron chi connectivity index (χ4n) is 2.37. The number of carbonyl (C=O) groups is 1. The standard InChI is InChI=1S/C16H17N5O2S/c1-2-11(15(22)23)24-16-20-12-13(17)18-9-19-14(12)21(16)8-10-6-4-3-5-7-10/h3-7,9,11H,2,8H2,1H3,(H,22,23)(H2,17,18,19). The molecule has 3 rings (SSSR count). The Bertz CT molecular complexity index is 866. The maximum Gasteiger partial charge on any atom is 0.317 e. The molecule has 3 aromatic rings. The van der Waals surface area contributed by atoms with Crippen LogP contribution >= 0.6 is 11.8 Å². The highest BCUT2D eigenvalue weighted by atomic mass is 32.2. The van der Waals surface area contributed by atoms with E-state index < -0.39 is 11.2 Å². The zero-order valence-electron chi connectivity index (χ0n) is 13.1. The van der Waals surface area contributed by atoms with Crippen molar-refractivity contribution in [2.75, 3.05) is 5.73 Å². The van der Waals surface area contributed by atoms with Gasteiger partial charge in [-0.3, -0.25) is 9.36 Å². The molecule has 24 heavy (non-hydrogen) atoms. The summed E-state index contributed by atoms with van der Waals surface area (Å²) in [5.41, 5.74) is 8.07. The van der Waals surface area contributed by atoms with E-state index in [0.29, 0.717) is 29.3 Å². The molecule has 0 spiro atoms. The van der Waals surface area contributed by atoms with Gasteiger partial charge in [-0.05, 0) is 12.0 Å². The van der Waals surface area contributed by atoms with Gasteiger partial charge in [-0.2, -0.15) is 0 Å². The van der Waals surface area contributed by atoms with Gasteiger partial charge in [0.25, 0.3) is 0 Å². The van der Waals surface area contributed by atoms with Gasteiger partial charge in [0, 0.05) is 0 Å². The van der Waals surface area contributed by atoms with Gasteiger partial charge >= 0.3 is 5.97 Å². The van der Waals surface area contributed by atoms with Crippen LogP contribution in [0.4, 0.5) is 5.82 Å². The van der Waals surface area contributed by atoms with Gasteiger partial charge < -0.3 is 10.8 Å². The van der Waals surface area contributed by atoms with E-state index in [1.165, 1.54) is 18.1 Å². The number of nitrogens with two attached hydrogens (primary N) is 1. The fourth-order valence-corrected chi connectivity index (χ4v) is 3.31. The molecular weight excluding hydrogens is 326 g/mol. The molecule has 2 heterocycles. The first-order valence-corrected chi connectivity index (χ1v) is 8.38. The van der Waals surface area contributed by atoms with E-state index in [0.717, 1.165) is 5.56 Å². The lowest BCUT2D eigenvalue weighted by atomic mass is 10.2. The van der Waals surface area contributed by atoms with E-state index in [-0.39, 0.29) is 5.82 Å². The molecule has 124 valence electrons. The molecule has 0 saturated heterocycles. The van der Waals surface area contributed by atoms with E-state index >= 15 is 0 Å². The van der Waals surface area contributed by atoms with Crippen LogP contribution in [0, 0.1) is 0 Å². The molecule has 0 fully saturated rings. The Morgan fingerprint density at radius 3 is 2.75 bits per heavy atom. The lowest BCUT2D eigenvalue weighted by Crippen LogP contribution is -2.16. The molecule has 0 aliphatic heterocycles. The quantitative estimate of drug-likeness (QED) is 0.662. The average molecular weight is 343 g/mol. The van der Waals surface area contributed by atoms with E-state index in [1.807, 2.05) is 41.8 Å². The zero-order valence-corrected chi connectivity index (χ0v) is 13.9. The highest BCUT2D eigenvalue weighted by Gasteiger charge is 2.22. The Morgan fingerprint density at radius 2 is 2.08 bits per heavy atom. The van der Waals surface area contributed by atoms with Crippen LogP contribution in [0.3, 0.4) is 0 Å². The number of nitrogens with zero attached hydrogens (tertiary/aromatic N) is 4. The largest absolute Gasteiger partial charge is 0.480 e. The molecular formula is C16H17N5O2S. The van der Waals surface area contributed by atoms with Crippen LogP contribution in [-0.2, 0) is 11.3 Å². The summed E-state index contributed by atoms with van der Waals surface area (Å²) in [5.74, 6) is -0.572. The van der Waals surface area contributed by atoms with Crippen molar-refractivity contribution in [2.45, 2.75) is 30.3 Å². The van der Waals surface area contributed by atoms with Crippen molar-refractivity contribution in [3.05, 3.63) is 42.2 Å². The Hall–Kier alpha value is -2.61. The van der Waals surface area contributed by atoms with Gasteiger partial charge in [-0.25, -0.2) is 15.0 Å². The third kappa shape index (κ3) is 3.18. The Balaban J connectivity index is 2.08. The van der Waals surface area contributed by atoms with Gasteiger partial charge in [0.1, 0.15) is 11.6 Å². The van der Waals surface area contributed by atoms with Crippen molar-refractivity contribution >= 4 is 34.7 Å². The minimum atomic E-state index is -0.861. The van der Waals surface area contributed by atoms with Crippen LogP contribution in [0.25, 0.3) is 11.2 Å². The van der Waals surface area contributed by atoms with Crippen molar-refractivity contribution in [3.8, 4) is 0 Å². The number of carboxylic acids is 1. The number of imidazole rings is 1. The van der Waals surface area contributed by atoms with Crippen molar-refractivity contribution < 1.29 is 9.90 Å². The topological polar surface area (TPSA) is 107 Å². The number of anilines is 1. The number of rotatable bonds is 6. The first kappa shape index (κ1) is 16.3. The summed E-state index contributed by atoms with van der Waals surface area (Å²) < 4.78 is 1.89. The molecule has 8 heteroatoms. The molecule has 3 N–H and O–H groups in total. The summed E-state index contributed by atoms with van der Waals surface area (Å²) >= 11 is 1.21. The van der Waals surface area contributed by atoms with Crippen LogP contribution in [0.1, 0.15) is 18.9 Å². The normalized spacial score (nSPS) is 12.4. The maximum absolute atomic E-state index is 11.4. The number of aliphatic carboxylic acids is 1. The van der Waals surface area contributed by atoms with E-state index in [4.69, 9.17) is 5.73 Å². The summed E-state index contributed by atoms with van der Waals surface area (Å²) in [6.07, 6.45) is 1.89. The molecule has 0 saturated carbocycles. The van der Waals surface area contributed by atoms with Crippen molar-refractivity contribution in [1.29, 1.82) is 0 Å². The molecule has 0 bridgehead atoms. The molecule has 0 radical (unpaired) electrons. The minimum Gasteiger partial charge on any atom is -0.480 e. The van der Waals surface area contributed by atoms with Crippen LogP contribution in [0.2, 0.25) is 0 Å². The molecule has 7 nitrogen and oxygen atoms in total. The van der Waals surface area contributed by atoms with E-state index in [9.17, 15) is 9.90 Å². The molecule has 0 amide bonds. The SMILES string of the molecule is CCC(Sc1nc2c(N)ncnc2n1Cc1ccccc1)C(=O)O. The number of benzene rings is 1. The highest BCUT2D eigenvalue weighted by Crippen LogP contribution is 2.30. The maximum atomic E-state index is 11.4. The van der Waals surface area contributed by atoms with Crippen LogP contribution < -0.4 is 5.73 Å². The van der Waals surface area contributed by atoms with Crippen molar-refractivity contribution in [1.82, 2.24) is 19.5 Å². The number of hydrogen-bond donors (Lipinski definition) is 2. The number of aromatic nitrogens is 4. The molecule has 0 aliphatic rings. The first-order valence-electron chi connectivity index (χ1n) is 7.50. The van der Waals surface area contributed by atoms with Gasteiger partial charge in [-0.1, -0.05) is 49.0 Å². The van der Waals surface area contributed by atoms with Crippen molar-refractivity contribution in [2.24, 2.45) is 0 Å². The Labute approximate surface area is 142 Å². The van der Waals surface area contributed by atoms with E-state index in [1.54, 1.807) is 0 Å². The predicted molar refractivity (Wildman–Crippen MR) is 92.9 cm³/mol. The Kier molecular flexibility index (Phi) is 4.66.